The first-order valence-corrected chi connectivity index (χ1v) is 7.03. The monoisotopic (exact) mass is 380 g/mol. The zero-order chi connectivity index (χ0) is 18.1. The number of rotatable bonds is 4. The maximum Gasteiger partial charge on any atom is 0.433 e. The van der Waals surface area contributed by atoms with Gasteiger partial charge in [-0.05, 0) is 30.4 Å². The number of nitrogens with zero attached hydrogens (tertiary/aromatic N) is 3. The number of carboxylic acid groups (broad SMARTS) is 1. The van der Waals surface area contributed by atoms with Crippen LogP contribution in [-0.2, 0) is 7.05 Å². The predicted molar refractivity (Wildman–Crippen MR) is 94.0 cm³/mol. The fourth-order valence-electron chi connectivity index (χ4n) is 2.31. The van der Waals surface area contributed by atoms with Gasteiger partial charge >= 0.3 is 11.9 Å². The first kappa shape index (κ1) is 20.2. The van der Waals surface area contributed by atoms with Gasteiger partial charge in [0.1, 0.15) is 21.9 Å². The number of aromatic nitrogens is 2. The number of carboxylic acids is 1. The van der Waals surface area contributed by atoms with Crippen LogP contribution in [0.2, 0.25) is 0 Å². The van der Waals surface area contributed by atoms with E-state index in [2.05, 4.69) is 4.98 Å². The smallest absolute Gasteiger partial charge is 0.433 e. The number of fused-ring (bicyclic) bond motifs is 1. The molecule has 3 heterocycles. The van der Waals surface area contributed by atoms with Crippen molar-refractivity contribution in [2.24, 2.45) is 7.05 Å². The summed E-state index contributed by atoms with van der Waals surface area (Å²) in [6.45, 7) is 0. The zero-order valence-electron chi connectivity index (χ0n) is 13.9. The fourth-order valence-corrected chi connectivity index (χ4v) is 2.31. The molecule has 0 aliphatic heterocycles. The van der Waals surface area contributed by atoms with Gasteiger partial charge in [-0.1, -0.05) is 0 Å². The number of nitro groups is 1. The van der Waals surface area contributed by atoms with Gasteiger partial charge < -0.3 is 14.1 Å². The summed E-state index contributed by atoms with van der Waals surface area (Å²) in [6.07, 6.45) is 4.28. The normalized spacial score (nSPS) is 10.8. The molecule has 0 aliphatic rings. The van der Waals surface area contributed by atoms with Gasteiger partial charge in [-0.15, -0.1) is 0 Å². The molecule has 0 aromatic carbocycles. The van der Waals surface area contributed by atoms with E-state index in [0.717, 1.165) is 0 Å². The molecule has 0 saturated heterocycles. The molecule has 0 aliphatic carbocycles. The average molecular weight is 380 g/mol. The number of hydrogen-bond acceptors (Lipinski definition) is 6. The van der Waals surface area contributed by atoms with Crippen molar-refractivity contribution in [1.29, 1.82) is 0 Å². The van der Waals surface area contributed by atoms with Crippen LogP contribution in [0, 0.1) is 10.1 Å². The second kappa shape index (κ2) is 8.06. The van der Waals surface area contributed by atoms with Gasteiger partial charge in [0.25, 0.3) is 0 Å². The van der Waals surface area contributed by atoms with Crippen LogP contribution in [0.15, 0.2) is 39.7 Å². The Morgan fingerprint density at radius 2 is 2.04 bits per heavy atom. The summed E-state index contributed by atoms with van der Waals surface area (Å²) in [4.78, 5) is 37.5. The summed E-state index contributed by atoms with van der Waals surface area (Å²) in [7, 11) is 1.59. The molecule has 1 radical (unpaired) electrons. The van der Waals surface area contributed by atoms with E-state index in [1.807, 2.05) is 0 Å². The number of carbonyl (C=O) groups is 1. The predicted octanol–water partition coefficient (Wildman–Crippen LogP) is 1.92. The standard InChI is InChI=1S/C16H11N3O6.K/c1-18-8-12(16(21)22)14(20)11-6-3-9(17-15(11)18)2-4-10-5-7-13(25-10)19(23)24;/h2-8H,1H3,(H,21,22);. The second-order valence-corrected chi connectivity index (χ2v) is 5.16. The Morgan fingerprint density at radius 3 is 2.65 bits per heavy atom. The fraction of sp³-hybridized carbons (Fsp3) is 0.0625. The van der Waals surface area contributed by atoms with Gasteiger partial charge in [0.2, 0.25) is 5.43 Å². The van der Waals surface area contributed by atoms with Crippen molar-refractivity contribution in [3.63, 3.8) is 0 Å². The Morgan fingerprint density at radius 1 is 1.31 bits per heavy atom. The summed E-state index contributed by atoms with van der Waals surface area (Å²) in [5, 5.41) is 19.8. The van der Waals surface area contributed by atoms with E-state index >= 15 is 0 Å². The molecule has 0 atom stereocenters. The number of hydrogen-bond donors (Lipinski definition) is 1. The van der Waals surface area contributed by atoms with E-state index < -0.39 is 16.3 Å². The van der Waals surface area contributed by atoms with Gasteiger partial charge in [0.15, 0.2) is 0 Å². The van der Waals surface area contributed by atoms with Crippen LogP contribution < -0.4 is 5.43 Å². The molecule has 3 rings (SSSR count). The molecule has 0 amide bonds. The molecule has 9 nitrogen and oxygen atoms in total. The molecule has 1 N–H and O–H groups in total. The van der Waals surface area contributed by atoms with Crippen molar-refractivity contribution in [3.8, 4) is 0 Å². The van der Waals surface area contributed by atoms with Crippen LogP contribution in [0.3, 0.4) is 0 Å². The summed E-state index contributed by atoms with van der Waals surface area (Å²) < 4.78 is 6.46. The first-order chi connectivity index (χ1) is 11.9. The van der Waals surface area contributed by atoms with Crippen LogP contribution in [0.25, 0.3) is 23.2 Å². The molecule has 127 valence electrons. The molecule has 0 unspecified atom stereocenters. The molecular formula is C16H11KN3O6. The summed E-state index contributed by atoms with van der Waals surface area (Å²) in [5.41, 5.74) is -0.138. The minimum atomic E-state index is -1.30. The van der Waals surface area contributed by atoms with Gasteiger partial charge in [0.05, 0.1) is 17.1 Å². The van der Waals surface area contributed by atoms with Crippen LogP contribution in [-0.4, -0.2) is 76.9 Å². The molecule has 0 bridgehead atoms. The van der Waals surface area contributed by atoms with Crippen LogP contribution >= 0.6 is 0 Å². The molecular weight excluding hydrogens is 369 g/mol. The minimum Gasteiger partial charge on any atom is -0.477 e. The molecule has 10 heteroatoms. The van der Waals surface area contributed by atoms with Gasteiger partial charge in [0, 0.05) is 64.6 Å². The summed E-state index contributed by atoms with van der Waals surface area (Å²) in [5.74, 6) is -1.38. The van der Waals surface area contributed by atoms with Crippen molar-refractivity contribution in [3.05, 3.63) is 67.8 Å². The first-order valence-electron chi connectivity index (χ1n) is 7.03. The summed E-state index contributed by atoms with van der Waals surface area (Å²) >= 11 is 0. The third kappa shape index (κ3) is 4.00. The molecule has 0 fully saturated rings. The third-order valence-electron chi connectivity index (χ3n) is 3.48. The van der Waals surface area contributed by atoms with Crippen molar-refractivity contribution < 1.29 is 19.2 Å². The van der Waals surface area contributed by atoms with Crippen molar-refractivity contribution >= 4 is 86.4 Å². The largest absolute Gasteiger partial charge is 0.477 e. The molecule has 26 heavy (non-hydrogen) atoms. The van der Waals surface area contributed by atoms with E-state index in [9.17, 15) is 19.7 Å². The Kier molecular flexibility index (Phi) is 6.26. The van der Waals surface area contributed by atoms with Crippen LogP contribution in [0.5, 0.6) is 0 Å². The van der Waals surface area contributed by atoms with E-state index in [0.29, 0.717) is 11.3 Å². The average Bonchev–Trinajstić information content (AvgIpc) is 3.05. The third-order valence-corrected chi connectivity index (χ3v) is 3.48. The van der Waals surface area contributed by atoms with Gasteiger partial charge in [-0.3, -0.25) is 14.9 Å². The number of aromatic carboxylic acids is 1. The SMILES string of the molecule is Cn1cc(C(=O)O)c(=O)c2ccc(C=Cc3ccc([N+](=O)[O-])o3)nc21.[K]. The van der Waals surface area contributed by atoms with Gasteiger partial charge in [-0.25, -0.2) is 9.78 Å². The Hall–Kier alpha value is -2.11. The Balaban J connectivity index is 0.00000243. The second-order valence-electron chi connectivity index (χ2n) is 5.16. The summed E-state index contributed by atoms with van der Waals surface area (Å²) in [6, 6.07) is 5.72. The quantitative estimate of drug-likeness (QED) is 0.416. The maximum absolute atomic E-state index is 12.1. The number of pyridine rings is 2. The molecule has 3 aromatic heterocycles. The molecule has 3 aromatic rings. The van der Waals surface area contributed by atoms with E-state index in [1.165, 1.54) is 35.0 Å². The Bertz CT molecular complexity index is 1100. The maximum atomic E-state index is 12.1. The zero-order valence-corrected chi connectivity index (χ0v) is 17.0. The van der Waals surface area contributed by atoms with Crippen molar-refractivity contribution in [1.82, 2.24) is 9.55 Å². The van der Waals surface area contributed by atoms with Crippen molar-refractivity contribution in [2.45, 2.75) is 0 Å². The minimum absolute atomic E-state index is 0. The van der Waals surface area contributed by atoms with Gasteiger partial charge in [-0.2, -0.15) is 0 Å². The van der Waals surface area contributed by atoms with Crippen LogP contribution in [0.1, 0.15) is 21.8 Å². The van der Waals surface area contributed by atoms with E-state index in [-0.39, 0.29) is 74.0 Å². The number of aryl methyl sites for hydroxylation is 1. The number of furan rings is 1. The van der Waals surface area contributed by atoms with Crippen molar-refractivity contribution in [2.75, 3.05) is 0 Å². The van der Waals surface area contributed by atoms with Crippen LogP contribution in [0.4, 0.5) is 5.88 Å². The topological polar surface area (TPSA) is 128 Å². The molecule has 0 spiro atoms. The van der Waals surface area contributed by atoms with E-state index in [1.54, 1.807) is 19.2 Å². The van der Waals surface area contributed by atoms with E-state index in [4.69, 9.17) is 9.52 Å². The molecule has 0 saturated carbocycles. The Labute approximate surface area is 188 Å².